The number of esters is 2. The zero-order valence-corrected chi connectivity index (χ0v) is 15.8. The van der Waals surface area contributed by atoms with Crippen molar-refractivity contribution in [2.24, 2.45) is 5.92 Å². The summed E-state index contributed by atoms with van der Waals surface area (Å²) in [7, 11) is 0. The van der Waals surface area contributed by atoms with Gasteiger partial charge in [-0.1, -0.05) is 13.8 Å². The fourth-order valence-electron chi connectivity index (χ4n) is 2.90. The minimum atomic E-state index is -0.717. The number of nitrogens with one attached hydrogen (secondary N) is 1. The van der Waals surface area contributed by atoms with Gasteiger partial charge in [0.1, 0.15) is 25.2 Å². The summed E-state index contributed by atoms with van der Waals surface area (Å²) in [5.74, 6) is -1.27. The average molecular weight is 365 g/mol. The highest BCUT2D eigenvalue weighted by molar-refractivity contribution is 5.98. The molecule has 0 bridgehead atoms. The minimum Gasteiger partial charge on any atom is -0.494 e. The first kappa shape index (κ1) is 19.9. The Morgan fingerprint density at radius 2 is 1.58 bits per heavy atom. The molecule has 26 heavy (non-hydrogen) atoms. The van der Waals surface area contributed by atoms with E-state index in [1.165, 1.54) is 6.26 Å². The lowest BCUT2D eigenvalue weighted by Crippen LogP contribution is -2.36. The van der Waals surface area contributed by atoms with Crippen molar-refractivity contribution in [1.82, 2.24) is 5.32 Å². The first-order chi connectivity index (χ1) is 12.5. The molecule has 2 aliphatic rings. The molecule has 0 spiro atoms. The van der Waals surface area contributed by atoms with Crippen LogP contribution >= 0.6 is 0 Å². The number of allylic oxidation sites excluding steroid dienone is 3. The fraction of sp³-hybridized carbons (Fsp3) is 0.579. The molecule has 7 nitrogen and oxygen atoms in total. The van der Waals surface area contributed by atoms with Crippen LogP contribution in [0.25, 0.3) is 0 Å². The van der Waals surface area contributed by atoms with Crippen molar-refractivity contribution in [2.45, 2.75) is 40.5 Å². The van der Waals surface area contributed by atoms with Crippen molar-refractivity contribution < 1.29 is 28.5 Å². The van der Waals surface area contributed by atoms with Crippen molar-refractivity contribution >= 4 is 11.9 Å². The van der Waals surface area contributed by atoms with Gasteiger partial charge in [-0.05, 0) is 26.7 Å². The van der Waals surface area contributed by atoms with Crippen LogP contribution in [0.15, 0.2) is 34.6 Å². The zero-order valence-electron chi connectivity index (χ0n) is 15.8. The third-order valence-electron chi connectivity index (χ3n) is 4.03. The SMILES string of the molecule is CCCOC(=O)C1=C(C)NC(C)=C(C(=O)OCCC)C1C1=COCCO1. The molecule has 0 aromatic rings. The monoisotopic (exact) mass is 365 g/mol. The lowest BCUT2D eigenvalue weighted by molar-refractivity contribution is -0.140. The molecule has 0 amide bonds. The molecule has 7 heteroatoms. The number of dihydropyridines is 1. The van der Waals surface area contributed by atoms with Gasteiger partial charge in [-0.25, -0.2) is 9.59 Å². The summed E-state index contributed by atoms with van der Waals surface area (Å²) in [6.07, 6.45) is 2.87. The summed E-state index contributed by atoms with van der Waals surface area (Å²) in [4.78, 5) is 25.4. The Morgan fingerprint density at radius 1 is 1.04 bits per heavy atom. The summed E-state index contributed by atoms with van der Waals surface area (Å²) < 4.78 is 21.7. The van der Waals surface area contributed by atoms with E-state index < -0.39 is 17.9 Å². The quantitative estimate of drug-likeness (QED) is 0.694. The molecule has 2 heterocycles. The van der Waals surface area contributed by atoms with E-state index in [-0.39, 0.29) is 0 Å². The molecule has 0 aromatic carbocycles. The highest BCUT2D eigenvalue weighted by Crippen LogP contribution is 2.37. The second-order valence-corrected chi connectivity index (χ2v) is 6.15. The molecular weight excluding hydrogens is 338 g/mol. The summed E-state index contributed by atoms with van der Waals surface area (Å²) in [6.45, 7) is 8.77. The molecule has 2 aliphatic heterocycles. The smallest absolute Gasteiger partial charge is 0.336 e. The molecule has 0 atom stereocenters. The van der Waals surface area contributed by atoms with Gasteiger partial charge in [0, 0.05) is 11.4 Å². The average Bonchev–Trinajstić information content (AvgIpc) is 2.64. The minimum absolute atomic E-state index is 0.303. The molecule has 1 N–H and O–H groups in total. The standard InChI is InChI=1S/C19H27NO6/c1-5-7-25-18(21)15-12(3)20-13(4)16(19(22)26-8-6-2)17(15)14-11-23-9-10-24-14/h11,17,20H,5-10H2,1-4H3. The first-order valence-corrected chi connectivity index (χ1v) is 8.98. The summed E-state index contributed by atoms with van der Waals surface area (Å²) in [5, 5.41) is 3.10. The van der Waals surface area contributed by atoms with Gasteiger partial charge in [-0.3, -0.25) is 0 Å². The van der Waals surface area contributed by atoms with Gasteiger partial charge >= 0.3 is 11.9 Å². The van der Waals surface area contributed by atoms with Crippen molar-refractivity contribution in [3.63, 3.8) is 0 Å². The van der Waals surface area contributed by atoms with Crippen LogP contribution in [0.1, 0.15) is 40.5 Å². The second-order valence-electron chi connectivity index (χ2n) is 6.15. The van der Waals surface area contributed by atoms with E-state index in [1.54, 1.807) is 13.8 Å². The maximum atomic E-state index is 12.7. The van der Waals surface area contributed by atoms with E-state index in [1.807, 2.05) is 13.8 Å². The predicted molar refractivity (Wildman–Crippen MR) is 94.5 cm³/mol. The largest absolute Gasteiger partial charge is 0.494 e. The molecule has 0 aromatic heterocycles. The molecule has 2 rings (SSSR count). The van der Waals surface area contributed by atoms with Crippen LogP contribution < -0.4 is 5.32 Å². The lowest BCUT2D eigenvalue weighted by atomic mass is 9.84. The predicted octanol–water partition coefficient (Wildman–Crippen LogP) is 2.55. The van der Waals surface area contributed by atoms with Crippen LogP contribution in [0.3, 0.4) is 0 Å². The molecule has 0 radical (unpaired) electrons. The van der Waals surface area contributed by atoms with E-state index in [4.69, 9.17) is 18.9 Å². The Morgan fingerprint density at radius 3 is 2.00 bits per heavy atom. The van der Waals surface area contributed by atoms with Crippen LogP contribution in [0, 0.1) is 5.92 Å². The summed E-state index contributed by atoms with van der Waals surface area (Å²) >= 11 is 0. The maximum Gasteiger partial charge on any atom is 0.336 e. The van der Waals surface area contributed by atoms with Crippen LogP contribution in [0.2, 0.25) is 0 Å². The Bertz CT molecular complexity index is 604. The van der Waals surface area contributed by atoms with Gasteiger partial charge in [-0.15, -0.1) is 0 Å². The Hall–Kier alpha value is -2.44. The van der Waals surface area contributed by atoms with Gasteiger partial charge in [0.15, 0.2) is 0 Å². The van der Waals surface area contributed by atoms with Crippen LogP contribution in [0.5, 0.6) is 0 Å². The molecule has 0 aliphatic carbocycles. The molecule has 0 saturated heterocycles. The summed E-state index contributed by atoms with van der Waals surface area (Å²) in [6, 6.07) is 0. The molecule has 144 valence electrons. The van der Waals surface area contributed by atoms with E-state index in [9.17, 15) is 9.59 Å². The second kappa shape index (κ2) is 9.31. The number of ether oxygens (including phenoxy) is 4. The van der Waals surface area contributed by atoms with E-state index in [2.05, 4.69) is 5.32 Å². The van der Waals surface area contributed by atoms with Gasteiger partial charge in [-0.2, -0.15) is 0 Å². The number of carbonyl (C=O) groups is 2. The normalized spacial score (nSPS) is 17.8. The summed E-state index contributed by atoms with van der Waals surface area (Å²) in [5.41, 5.74) is 1.92. The zero-order chi connectivity index (χ0) is 19.1. The van der Waals surface area contributed by atoms with E-state index >= 15 is 0 Å². The first-order valence-electron chi connectivity index (χ1n) is 8.98. The third kappa shape index (κ3) is 4.39. The number of rotatable bonds is 7. The van der Waals surface area contributed by atoms with Crippen molar-refractivity contribution in [1.29, 1.82) is 0 Å². The Kier molecular flexibility index (Phi) is 7.12. The lowest BCUT2D eigenvalue weighted by Gasteiger charge is -2.32. The highest BCUT2D eigenvalue weighted by atomic mass is 16.6. The topological polar surface area (TPSA) is 83.1 Å². The number of hydrogen-bond donors (Lipinski definition) is 1. The highest BCUT2D eigenvalue weighted by Gasteiger charge is 2.41. The molecule has 0 unspecified atom stereocenters. The number of carbonyl (C=O) groups excluding carboxylic acids is 2. The van der Waals surface area contributed by atoms with Crippen LogP contribution in [-0.2, 0) is 28.5 Å². The van der Waals surface area contributed by atoms with Gasteiger partial charge in [0.05, 0.1) is 30.3 Å². The molecule has 0 fully saturated rings. The van der Waals surface area contributed by atoms with Crippen molar-refractivity contribution in [3.05, 3.63) is 34.6 Å². The maximum absolute atomic E-state index is 12.7. The fourth-order valence-corrected chi connectivity index (χ4v) is 2.90. The number of hydrogen-bond acceptors (Lipinski definition) is 7. The van der Waals surface area contributed by atoms with E-state index in [0.717, 1.165) is 0 Å². The molecule has 0 saturated carbocycles. The third-order valence-corrected chi connectivity index (χ3v) is 4.03. The van der Waals surface area contributed by atoms with Crippen molar-refractivity contribution in [2.75, 3.05) is 26.4 Å². The molecular formula is C19H27NO6. The Balaban J connectivity index is 2.45. The van der Waals surface area contributed by atoms with Gasteiger partial charge in [0.25, 0.3) is 0 Å². The van der Waals surface area contributed by atoms with Crippen LogP contribution in [0.4, 0.5) is 0 Å². The van der Waals surface area contributed by atoms with Crippen LogP contribution in [-0.4, -0.2) is 38.4 Å². The van der Waals surface area contributed by atoms with Crippen molar-refractivity contribution in [3.8, 4) is 0 Å². The van der Waals surface area contributed by atoms with E-state index in [0.29, 0.717) is 67.6 Å². The van der Waals surface area contributed by atoms with Gasteiger partial charge < -0.3 is 24.3 Å². The van der Waals surface area contributed by atoms with Gasteiger partial charge in [0.2, 0.25) is 0 Å². The Labute approximate surface area is 154 Å².